The smallest absolute Gasteiger partial charge is 0.246 e. The van der Waals surface area contributed by atoms with Crippen LogP contribution in [0.3, 0.4) is 0 Å². The number of rotatable bonds is 3. The van der Waals surface area contributed by atoms with E-state index in [1.54, 1.807) is 6.92 Å². The molecular weight excluding hydrogens is 276 g/mol. The van der Waals surface area contributed by atoms with Crippen LogP contribution in [0.5, 0.6) is 0 Å². The molecule has 1 aromatic carbocycles. The Morgan fingerprint density at radius 1 is 1.42 bits per heavy atom. The Balaban J connectivity index is 2.31. The largest absolute Gasteiger partial charge is 0.393 e. The quantitative estimate of drug-likeness (QED) is 0.914. The van der Waals surface area contributed by atoms with Gasteiger partial charge in [0.05, 0.1) is 6.10 Å². The number of nitrogens with zero attached hydrogens (tertiary/aromatic N) is 1. The maximum Gasteiger partial charge on any atom is 0.246 e. The summed E-state index contributed by atoms with van der Waals surface area (Å²) in [7, 11) is -4.05. The summed E-state index contributed by atoms with van der Waals surface area (Å²) < 4.78 is 52.2. The van der Waals surface area contributed by atoms with Crippen LogP contribution >= 0.6 is 0 Å². The third-order valence-corrected chi connectivity index (χ3v) is 5.29. The highest BCUT2D eigenvalue weighted by Crippen LogP contribution is 2.28. The Hall–Kier alpha value is -1.05. The summed E-state index contributed by atoms with van der Waals surface area (Å²) in [6.45, 7) is 1.91. The highest BCUT2D eigenvalue weighted by Gasteiger charge is 2.36. The fraction of sp³-hybridized carbons (Fsp3) is 0.500. The van der Waals surface area contributed by atoms with E-state index in [2.05, 4.69) is 0 Å². The van der Waals surface area contributed by atoms with E-state index in [9.17, 15) is 22.3 Å². The molecule has 2 rings (SSSR count). The molecule has 0 aromatic heterocycles. The van der Waals surface area contributed by atoms with E-state index < -0.39 is 32.7 Å². The molecule has 106 valence electrons. The summed E-state index contributed by atoms with van der Waals surface area (Å²) in [6, 6.07) is 3.08. The molecular formula is C12H15F2NO3S. The van der Waals surface area contributed by atoms with Gasteiger partial charge in [0, 0.05) is 13.1 Å². The van der Waals surface area contributed by atoms with Gasteiger partial charge < -0.3 is 5.11 Å². The fourth-order valence-corrected chi connectivity index (χ4v) is 3.77. The summed E-state index contributed by atoms with van der Waals surface area (Å²) in [4.78, 5) is -0.654. The van der Waals surface area contributed by atoms with Gasteiger partial charge in [-0.3, -0.25) is 0 Å². The fourth-order valence-electron chi connectivity index (χ4n) is 2.19. The first-order valence-electron chi connectivity index (χ1n) is 5.96. The lowest BCUT2D eigenvalue weighted by atomic mass is 10.0. The van der Waals surface area contributed by atoms with Gasteiger partial charge in [0.15, 0.2) is 11.6 Å². The summed E-state index contributed by atoms with van der Waals surface area (Å²) >= 11 is 0. The van der Waals surface area contributed by atoms with E-state index in [0.29, 0.717) is 6.42 Å². The Morgan fingerprint density at radius 3 is 2.68 bits per heavy atom. The minimum Gasteiger partial charge on any atom is -0.393 e. The zero-order chi connectivity index (χ0) is 14.2. The van der Waals surface area contributed by atoms with Crippen LogP contribution in [0.25, 0.3) is 0 Å². The lowest BCUT2D eigenvalue weighted by Gasteiger charge is -2.18. The van der Waals surface area contributed by atoms with Crippen LogP contribution in [0, 0.1) is 17.6 Å². The molecule has 7 heteroatoms. The van der Waals surface area contributed by atoms with Gasteiger partial charge >= 0.3 is 0 Å². The van der Waals surface area contributed by atoms with Gasteiger partial charge in [0.2, 0.25) is 10.0 Å². The zero-order valence-corrected chi connectivity index (χ0v) is 11.2. The van der Waals surface area contributed by atoms with Crippen molar-refractivity contribution in [2.75, 3.05) is 13.1 Å². The molecule has 2 unspecified atom stereocenters. The van der Waals surface area contributed by atoms with Crippen LogP contribution in [-0.2, 0) is 10.0 Å². The highest BCUT2D eigenvalue weighted by atomic mass is 32.2. The van der Waals surface area contributed by atoms with Crippen LogP contribution in [0.15, 0.2) is 23.1 Å². The third-order valence-electron chi connectivity index (χ3n) is 3.40. The van der Waals surface area contributed by atoms with Gasteiger partial charge in [-0.05, 0) is 31.4 Å². The Kier molecular flexibility index (Phi) is 3.89. The average Bonchev–Trinajstić information content (AvgIpc) is 2.82. The number of hydrogen-bond donors (Lipinski definition) is 1. The van der Waals surface area contributed by atoms with Crippen LogP contribution < -0.4 is 0 Å². The number of aliphatic hydroxyl groups excluding tert-OH is 1. The SMILES string of the molecule is CC(O)C1CCN(S(=O)(=O)c2cccc(F)c2F)C1. The van der Waals surface area contributed by atoms with Crippen molar-refractivity contribution < 1.29 is 22.3 Å². The first-order valence-corrected chi connectivity index (χ1v) is 7.40. The molecule has 1 heterocycles. The first-order chi connectivity index (χ1) is 8.84. The molecule has 0 amide bonds. The van der Waals surface area contributed by atoms with Gasteiger partial charge in [-0.15, -0.1) is 0 Å². The van der Waals surface area contributed by atoms with Crippen molar-refractivity contribution in [3.8, 4) is 0 Å². The molecule has 0 bridgehead atoms. The first kappa shape index (κ1) is 14.4. The summed E-state index contributed by atoms with van der Waals surface area (Å²) in [5, 5.41) is 9.45. The van der Waals surface area contributed by atoms with Crippen molar-refractivity contribution in [3.05, 3.63) is 29.8 Å². The molecule has 4 nitrogen and oxygen atoms in total. The second-order valence-electron chi connectivity index (χ2n) is 4.70. The number of aliphatic hydroxyl groups is 1. The van der Waals surface area contributed by atoms with E-state index in [4.69, 9.17) is 0 Å². The second-order valence-corrected chi connectivity index (χ2v) is 6.61. The standard InChI is InChI=1S/C12H15F2NO3S/c1-8(16)9-5-6-15(7-9)19(17,18)11-4-2-3-10(13)12(11)14/h2-4,8-9,16H,5-7H2,1H3. The lowest BCUT2D eigenvalue weighted by Crippen LogP contribution is -2.31. The van der Waals surface area contributed by atoms with Crippen molar-refractivity contribution in [1.82, 2.24) is 4.31 Å². The molecule has 0 radical (unpaired) electrons. The number of benzene rings is 1. The van der Waals surface area contributed by atoms with E-state index in [1.165, 1.54) is 0 Å². The summed E-state index contributed by atoms with van der Waals surface area (Å²) in [6.07, 6.45) is -0.119. The zero-order valence-electron chi connectivity index (χ0n) is 10.4. The van der Waals surface area contributed by atoms with E-state index in [-0.39, 0.29) is 19.0 Å². The molecule has 1 aliphatic heterocycles. The highest BCUT2D eigenvalue weighted by molar-refractivity contribution is 7.89. The van der Waals surface area contributed by atoms with Crippen LogP contribution in [0.2, 0.25) is 0 Å². The molecule has 19 heavy (non-hydrogen) atoms. The monoisotopic (exact) mass is 291 g/mol. The van der Waals surface area contributed by atoms with Crippen molar-refractivity contribution in [1.29, 1.82) is 0 Å². The summed E-state index contributed by atoms with van der Waals surface area (Å²) in [5.74, 6) is -2.72. The van der Waals surface area contributed by atoms with Gasteiger partial charge in [-0.2, -0.15) is 4.31 Å². The van der Waals surface area contributed by atoms with Crippen molar-refractivity contribution in [3.63, 3.8) is 0 Å². The molecule has 0 aliphatic carbocycles. The Bertz CT molecular complexity index is 574. The molecule has 1 saturated heterocycles. The van der Waals surface area contributed by atoms with Crippen LogP contribution in [0.1, 0.15) is 13.3 Å². The van der Waals surface area contributed by atoms with E-state index >= 15 is 0 Å². The van der Waals surface area contributed by atoms with Gasteiger partial charge in [0.25, 0.3) is 0 Å². The van der Waals surface area contributed by atoms with Crippen molar-refractivity contribution >= 4 is 10.0 Å². The number of hydrogen-bond acceptors (Lipinski definition) is 3. The van der Waals surface area contributed by atoms with Crippen molar-refractivity contribution in [2.24, 2.45) is 5.92 Å². The molecule has 1 fully saturated rings. The predicted molar refractivity (Wildman–Crippen MR) is 64.9 cm³/mol. The molecule has 0 saturated carbocycles. The molecule has 0 spiro atoms. The molecule has 2 atom stereocenters. The second kappa shape index (κ2) is 5.15. The average molecular weight is 291 g/mol. The normalized spacial score (nSPS) is 22.6. The van der Waals surface area contributed by atoms with Crippen LogP contribution in [0.4, 0.5) is 8.78 Å². The minimum absolute atomic E-state index is 0.121. The molecule has 1 aliphatic rings. The predicted octanol–water partition coefficient (Wildman–Crippen LogP) is 1.36. The number of halogens is 2. The molecule has 1 N–H and O–H groups in total. The third kappa shape index (κ3) is 2.63. The topological polar surface area (TPSA) is 57.6 Å². The van der Waals surface area contributed by atoms with Crippen molar-refractivity contribution in [2.45, 2.75) is 24.3 Å². The maximum atomic E-state index is 13.6. The van der Waals surface area contributed by atoms with Gasteiger partial charge in [-0.25, -0.2) is 17.2 Å². The Labute approximate surface area is 110 Å². The lowest BCUT2D eigenvalue weighted by molar-refractivity contribution is 0.133. The minimum atomic E-state index is -4.05. The molecule has 1 aromatic rings. The van der Waals surface area contributed by atoms with Gasteiger partial charge in [-0.1, -0.05) is 6.07 Å². The summed E-state index contributed by atoms with van der Waals surface area (Å²) in [5.41, 5.74) is 0. The number of sulfonamides is 1. The Morgan fingerprint density at radius 2 is 2.11 bits per heavy atom. The van der Waals surface area contributed by atoms with E-state index in [1.807, 2.05) is 0 Å². The van der Waals surface area contributed by atoms with Gasteiger partial charge in [0.1, 0.15) is 4.90 Å². The maximum absolute atomic E-state index is 13.6. The van der Waals surface area contributed by atoms with E-state index in [0.717, 1.165) is 22.5 Å². The van der Waals surface area contributed by atoms with Crippen LogP contribution in [-0.4, -0.2) is 37.0 Å².